The Bertz CT molecular complexity index is 1120. The van der Waals surface area contributed by atoms with Crippen molar-refractivity contribution in [3.8, 4) is 0 Å². The van der Waals surface area contributed by atoms with E-state index in [1.54, 1.807) is 34.1 Å². The van der Waals surface area contributed by atoms with Crippen molar-refractivity contribution in [3.05, 3.63) is 70.5 Å². The highest BCUT2D eigenvalue weighted by molar-refractivity contribution is 5.98. The zero-order chi connectivity index (χ0) is 23.5. The van der Waals surface area contributed by atoms with Crippen molar-refractivity contribution in [3.63, 3.8) is 0 Å². The average molecular weight is 452 g/mol. The molecule has 9 heteroatoms. The van der Waals surface area contributed by atoms with Crippen LogP contribution >= 0.6 is 0 Å². The number of benzene rings is 2. The summed E-state index contributed by atoms with van der Waals surface area (Å²) < 4.78 is 14.6. The molecule has 33 heavy (non-hydrogen) atoms. The quantitative estimate of drug-likeness (QED) is 0.352. The summed E-state index contributed by atoms with van der Waals surface area (Å²) in [6.07, 6.45) is 3.42. The summed E-state index contributed by atoms with van der Waals surface area (Å²) in [5.74, 6) is 3.70. The minimum absolute atomic E-state index is 0.0544. The van der Waals surface area contributed by atoms with Crippen LogP contribution in [0.15, 0.2) is 42.5 Å². The van der Waals surface area contributed by atoms with Crippen LogP contribution in [-0.4, -0.2) is 58.9 Å². The molecule has 8 nitrogen and oxygen atoms in total. The van der Waals surface area contributed by atoms with Crippen LogP contribution in [-0.2, 0) is 4.79 Å². The zero-order valence-corrected chi connectivity index (χ0v) is 18.0. The van der Waals surface area contributed by atoms with Gasteiger partial charge in [0.1, 0.15) is 5.82 Å². The first-order chi connectivity index (χ1) is 15.9. The molecule has 2 amide bonds. The molecule has 4 N–H and O–H groups in total. The number of aromatic carboxylic acids is 1. The molecule has 2 aromatic carbocycles. The summed E-state index contributed by atoms with van der Waals surface area (Å²) in [7, 11) is 0. The number of halogens is 1. The molecule has 1 aliphatic heterocycles. The van der Waals surface area contributed by atoms with E-state index in [1.807, 2.05) is 0 Å². The summed E-state index contributed by atoms with van der Waals surface area (Å²) in [6.45, 7) is 1.57. The third-order valence-corrected chi connectivity index (χ3v) is 5.94. The van der Waals surface area contributed by atoms with E-state index in [1.165, 1.54) is 24.3 Å². The molecule has 1 saturated carbocycles. The Kier molecular flexibility index (Phi) is 6.41. The van der Waals surface area contributed by atoms with Crippen LogP contribution in [0.2, 0.25) is 0 Å². The van der Waals surface area contributed by atoms with Crippen LogP contribution in [0.4, 0.5) is 4.39 Å². The van der Waals surface area contributed by atoms with E-state index in [2.05, 4.69) is 5.43 Å². The molecule has 1 saturated heterocycles. The van der Waals surface area contributed by atoms with E-state index in [9.17, 15) is 23.9 Å². The van der Waals surface area contributed by atoms with Crippen molar-refractivity contribution in [1.29, 1.82) is 0 Å². The number of carboxylic acids is 1. The Labute approximate surface area is 190 Å². The monoisotopic (exact) mass is 452 g/mol. The molecule has 0 atom stereocenters. The van der Waals surface area contributed by atoms with Crippen molar-refractivity contribution < 1.29 is 23.9 Å². The molecule has 0 spiro atoms. The predicted molar refractivity (Wildman–Crippen MR) is 120 cm³/mol. The standard InChI is InChI=1S/C24H25FN4O4/c25-20-8-5-15(14-21(27-26)17-3-1-2-4-18(17)24(32)33)13-19(20)23(31)29-11-9-28(10-12-29)22(30)16-6-7-16/h1-5,8,13-14,16,27H,6-7,9-12,26H2,(H,32,33)/b21-14-. The molecule has 0 radical (unpaired) electrons. The zero-order valence-electron chi connectivity index (χ0n) is 18.0. The van der Waals surface area contributed by atoms with Crippen LogP contribution in [0.5, 0.6) is 0 Å². The Morgan fingerprint density at radius 3 is 2.21 bits per heavy atom. The van der Waals surface area contributed by atoms with Crippen molar-refractivity contribution in [2.75, 3.05) is 26.2 Å². The molecule has 1 aliphatic carbocycles. The summed E-state index contributed by atoms with van der Waals surface area (Å²) in [5.41, 5.74) is 3.61. The largest absolute Gasteiger partial charge is 0.478 e. The van der Waals surface area contributed by atoms with E-state index in [0.29, 0.717) is 43.0 Å². The van der Waals surface area contributed by atoms with E-state index >= 15 is 0 Å². The molecule has 0 aromatic heterocycles. The number of rotatable bonds is 6. The highest BCUT2D eigenvalue weighted by Crippen LogP contribution is 2.31. The lowest BCUT2D eigenvalue weighted by Gasteiger charge is -2.35. The number of carbonyl (C=O) groups excluding carboxylic acids is 2. The smallest absolute Gasteiger partial charge is 0.336 e. The molecule has 1 heterocycles. The molecule has 2 aliphatic rings. The highest BCUT2D eigenvalue weighted by Gasteiger charge is 2.35. The number of amides is 2. The lowest BCUT2D eigenvalue weighted by molar-refractivity contribution is -0.134. The van der Waals surface area contributed by atoms with Crippen LogP contribution < -0.4 is 11.3 Å². The van der Waals surface area contributed by atoms with Crippen LogP contribution in [0.1, 0.15) is 44.7 Å². The number of hydrogen-bond donors (Lipinski definition) is 3. The van der Waals surface area contributed by atoms with Gasteiger partial charge in [0.15, 0.2) is 0 Å². The molecule has 4 rings (SSSR count). The van der Waals surface area contributed by atoms with Crippen LogP contribution in [0, 0.1) is 11.7 Å². The molecule has 0 unspecified atom stereocenters. The van der Waals surface area contributed by atoms with Crippen molar-refractivity contribution in [2.24, 2.45) is 11.8 Å². The van der Waals surface area contributed by atoms with Crippen molar-refractivity contribution in [2.45, 2.75) is 12.8 Å². The van der Waals surface area contributed by atoms with Crippen LogP contribution in [0.3, 0.4) is 0 Å². The number of piperazine rings is 1. The van der Waals surface area contributed by atoms with E-state index in [0.717, 1.165) is 12.8 Å². The third kappa shape index (κ3) is 4.88. The van der Waals surface area contributed by atoms with Crippen molar-refractivity contribution in [1.82, 2.24) is 15.2 Å². The Morgan fingerprint density at radius 1 is 0.970 bits per heavy atom. The van der Waals surface area contributed by atoms with Gasteiger partial charge in [0.25, 0.3) is 5.91 Å². The van der Waals surface area contributed by atoms with E-state index < -0.39 is 17.7 Å². The molecule has 172 valence electrons. The maximum Gasteiger partial charge on any atom is 0.336 e. The lowest BCUT2D eigenvalue weighted by atomic mass is 10.0. The second kappa shape index (κ2) is 9.41. The maximum absolute atomic E-state index is 14.6. The minimum atomic E-state index is -1.11. The molecular formula is C24H25FN4O4. The Balaban J connectivity index is 1.54. The van der Waals surface area contributed by atoms with Gasteiger partial charge >= 0.3 is 5.97 Å². The maximum atomic E-state index is 14.6. The summed E-state index contributed by atoms with van der Waals surface area (Å²) in [6, 6.07) is 10.4. The number of carboxylic acid groups (broad SMARTS) is 1. The van der Waals surface area contributed by atoms with Gasteiger partial charge in [-0.3, -0.25) is 15.4 Å². The highest BCUT2D eigenvalue weighted by atomic mass is 19.1. The van der Waals surface area contributed by atoms with Gasteiger partial charge in [-0.2, -0.15) is 0 Å². The van der Waals surface area contributed by atoms with Gasteiger partial charge < -0.3 is 20.3 Å². The SMILES string of the molecule is NN/C(=C\c1ccc(F)c(C(=O)N2CCN(C(=O)C3CC3)CC2)c1)c1ccccc1C(=O)O. The Hall–Kier alpha value is -3.72. The summed E-state index contributed by atoms with van der Waals surface area (Å²) in [4.78, 5) is 40.1. The summed E-state index contributed by atoms with van der Waals surface area (Å²) >= 11 is 0. The molecular weight excluding hydrogens is 427 g/mol. The number of hydrazine groups is 1. The van der Waals surface area contributed by atoms with Gasteiger partial charge in [-0.25, -0.2) is 9.18 Å². The minimum Gasteiger partial charge on any atom is -0.478 e. The fourth-order valence-electron chi connectivity index (χ4n) is 3.95. The molecule has 0 bridgehead atoms. The number of carbonyl (C=O) groups is 3. The van der Waals surface area contributed by atoms with Crippen LogP contribution in [0.25, 0.3) is 11.8 Å². The van der Waals surface area contributed by atoms with Gasteiger partial charge in [-0.05, 0) is 42.7 Å². The number of nitrogens with zero attached hydrogens (tertiary/aromatic N) is 2. The fourth-order valence-corrected chi connectivity index (χ4v) is 3.95. The average Bonchev–Trinajstić information content (AvgIpc) is 3.68. The Morgan fingerprint density at radius 2 is 1.61 bits per heavy atom. The van der Waals surface area contributed by atoms with Gasteiger partial charge in [-0.1, -0.05) is 24.3 Å². The fraction of sp³-hybridized carbons (Fsp3) is 0.292. The first-order valence-electron chi connectivity index (χ1n) is 10.8. The topological polar surface area (TPSA) is 116 Å². The van der Waals surface area contributed by atoms with Gasteiger partial charge in [0.05, 0.1) is 16.8 Å². The van der Waals surface area contributed by atoms with E-state index in [-0.39, 0.29) is 23.0 Å². The normalized spacial score (nSPS) is 16.5. The lowest BCUT2D eigenvalue weighted by Crippen LogP contribution is -2.51. The van der Waals surface area contributed by atoms with E-state index in [4.69, 9.17) is 5.84 Å². The first kappa shape index (κ1) is 22.5. The second-order valence-electron chi connectivity index (χ2n) is 8.18. The predicted octanol–water partition coefficient (Wildman–Crippen LogP) is 2.18. The molecule has 2 aromatic rings. The van der Waals surface area contributed by atoms with Crippen molar-refractivity contribution >= 4 is 29.6 Å². The number of nitrogens with two attached hydrogens (primary N) is 1. The first-order valence-corrected chi connectivity index (χ1v) is 10.8. The van der Waals surface area contributed by atoms with Gasteiger partial charge in [0, 0.05) is 37.7 Å². The van der Waals surface area contributed by atoms with Gasteiger partial charge in [0.2, 0.25) is 5.91 Å². The number of hydrogen-bond acceptors (Lipinski definition) is 5. The number of nitrogens with one attached hydrogen (secondary N) is 1. The summed E-state index contributed by atoms with van der Waals surface area (Å²) in [5, 5.41) is 9.44. The third-order valence-electron chi connectivity index (χ3n) is 5.94. The second-order valence-corrected chi connectivity index (χ2v) is 8.18. The van der Waals surface area contributed by atoms with Gasteiger partial charge in [-0.15, -0.1) is 0 Å². The molecule has 2 fully saturated rings.